The molecule has 1 unspecified atom stereocenters. The van der Waals surface area contributed by atoms with Gasteiger partial charge in [0.1, 0.15) is 0 Å². The van der Waals surface area contributed by atoms with Gasteiger partial charge in [-0.2, -0.15) is 0 Å². The summed E-state index contributed by atoms with van der Waals surface area (Å²) in [5.41, 5.74) is 0. The van der Waals surface area contributed by atoms with Crippen molar-refractivity contribution in [3.63, 3.8) is 0 Å². The van der Waals surface area contributed by atoms with Crippen LogP contribution >= 0.6 is 24.0 Å². The van der Waals surface area contributed by atoms with Crippen LogP contribution in [0.4, 0.5) is 0 Å². The number of likely N-dealkylation sites (N-methyl/N-ethyl adjacent to an activating group) is 1. The molecule has 0 aromatic carbocycles. The highest BCUT2D eigenvalue weighted by Crippen LogP contribution is 2.34. The van der Waals surface area contributed by atoms with Crippen molar-refractivity contribution in [2.45, 2.75) is 46.1 Å². The van der Waals surface area contributed by atoms with Crippen LogP contribution in [-0.2, 0) is 0 Å². The van der Waals surface area contributed by atoms with Crippen molar-refractivity contribution < 1.29 is 0 Å². The molecule has 1 aliphatic carbocycles. The third-order valence-corrected chi connectivity index (χ3v) is 3.62. The van der Waals surface area contributed by atoms with E-state index in [9.17, 15) is 0 Å². The number of halogens is 1. The molecule has 0 heterocycles. The van der Waals surface area contributed by atoms with Crippen molar-refractivity contribution in [1.29, 1.82) is 0 Å². The van der Waals surface area contributed by atoms with Gasteiger partial charge in [-0.05, 0) is 52.1 Å². The van der Waals surface area contributed by atoms with Gasteiger partial charge in [0.05, 0.1) is 6.54 Å². The quantitative estimate of drug-likeness (QED) is 0.376. The van der Waals surface area contributed by atoms with Gasteiger partial charge in [0.2, 0.25) is 0 Å². The first kappa shape index (κ1) is 20.0. The SMILES string of the molecule is CCNC(=NCC(C1CC1)N(C)C)NCCC(C)C.I. The Morgan fingerprint density at radius 2 is 1.90 bits per heavy atom. The largest absolute Gasteiger partial charge is 0.357 e. The molecule has 1 rings (SSSR count). The zero-order chi connectivity index (χ0) is 14.3. The molecule has 1 saturated carbocycles. The minimum Gasteiger partial charge on any atom is -0.357 e. The summed E-state index contributed by atoms with van der Waals surface area (Å²) in [6.45, 7) is 9.43. The molecular formula is C15H33IN4. The lowest BCUT2D eigenvalue weighted by atomic mass is 10.1. The number of nitrogens with zero attached hydrogens (tertiary/aromatic N) is 2. The molecule has 5 heteroatoms. The maximum absolute atomic E-state index is 4.75. The van der Waals surface area contributed by atoms with E-state index < -0.39 is 0 Å². The molecule has 0 bridgehead atoms. The number of aliphatic imine (C=N–C) groups is 1. The fourth-order valence-electron chi connectivity index (χ4n) is 2.22. The zero-order valence-corrected chi connectivity index (χ0v) is 16.1. The maximum Gasteiger partial charge on any atom is 0.191 e. The van der Waals surface area contributed by atoms with E-state index >= 15 is 0 Å². The number of nitrogens with one attached hydrogen (secondary N) is 2. The van der Waals surface area contributed by atoms with E-state index in [0.29, 0.717) is 6.04 Å². The summed E-state index contributed by atoms with van der Waals surface area (Å²) >= 11 is 0. The van der Waals surface area contributed by atoms with E-state index in [1.54, 1.807) is 0 Å². The van der Waals surface area contributed by atoms with Gasteiger partial charge >= 0.3 is 0 Å². The highest BCUT2D eigenvalue weighted by Gasteiger charge is 2.32. The van der Waals surface area contributed by atoms with E-state index in [1.807, 2.05) is 0 Å². The van der Waals surface area contributed by atoms with Crippen molar-refractivity contribution in [3.05, 3.63) is 0 Å². The molecule has 0 aromatic rings. The summed E-state index contributed by atoms with van der Waals surface area (Å²) in [6, 6.07) is 0.598. The molecule has 0 saturated heterocycles. The van der Waals surface area contributed by atoms with Crippen molar-refractivity contribution >= 4 is 29.9 Å². The lowest BCUT2D eigenvalue weighted by Gasteiger charge is -2.23. The second-order valence-electron chi connectivity index (χ2n) is 6.20. The Labute approximate surface area is 142 Å². The predicted molar refractivity (Wildman–Crippen MR) is 99.1 cm³/mol. The Kier molecular flexibility index (Phi) is 10.6. The summed E-state index contributed by atoms with van der Waals surface area (Å²) in [5, 5.41) is 6.76. The molecular weight excluding hydrogens is 363 g/mol. The first-order valence-corrected chi connectivity index (χ1v) is 7.73. The van der Waals surface area contributed by atoms with Crippen LogP contribution in [0, 0.1) is 11.8 Å². The van der Waals surface area contributed by atoms with E-state index in [0.717, 1.165) is 37.4 Å². The molecule has 0 aliphatic heterocycles. The van der Waals surface area contributed by atoms with E-state index in [-0.39, 0.29) is 24.0 Å². The van der Waals surface area contributed by atoms with Crippen LogP contribution in [0.3, 0.4) is 0 Å². The van der Waals surface area contributed by atoms with Crippen LogP contribution in [-0.4, -0.2) is 50.6 Å². The zero-order valence-electron chi connectivity index (χ0n) is 13.8. The van der Waals surface area contributed by atoms with Crippen LogP contribution in [0.15, 0.2) is 4.99 Å². The second kappa shape index (κ2) is 10.7. The van der Waals surface area contributed by atoms with Gasteiger partial charge in [-0.1, -0.05) is 13.8 Å². The topological polar surface area (TPSA) is 39.7 Å². The Bertz CT molecular complexity index is 273. The van der Waals surface area contributed by atoms with Gasteiger partial charge in [0, 0.05) is 19.1 Å². The number of hydrogen-bond donors (Lipinski definition) is 2. The summed E-state index contributed by atoms with van der Waals surface area (Å²) in [6.07, 6.45) is 3.93. The standard InChI is InChI=1S/C15H32N4.HI/c1-6-16-15(17-10-9-12(2)3)18-11-14(19(4)5)13-7-8-13;/h12-14H,6-11H2,1-5H3,(H2,16,17,18);1H. The van der Waals surface area contributed by atoms with Crippen molar-refractivity contribution in [2.24, 2.45) is 16.8 Å². The average molecular weight is 396 g/mol. The number of guanidine groups is 1. The minimum absolute atomic E-state index is 0. The molecule has 1 aliphatic rings. The lowest BCUT2D eigenvalue weighted by molar-refractivity contribution is 0.271. The van der Waals surface area contributed by atoms with E-state index in [2.05, 4.69) is 50.4 Å². The van der Waals surface area contributed by atoms with Crippen LogP contribution in [0.2, 0.25) is 0 Å². The fourth-order valence-corrected chi connectivity index (χ4v) is 2.22. The first-order chi connectivity index (χ1) is 9.04. The number of rotatable bonds is 8. The summed E-state index contributed by atoms with van der Waals surface area (Å²) < 4.78 is 0. The average Bonchev–Trinajstić information content (AvgIpc) is 3.12. The van der Waals surface area contributed by atoms with Gasteiger partial charge < -0.3 is 15.5 Å². The van der Waals surface area contributed by atoms with E-state index in [4.69, 9.17) is 4.99 Å². The third-order valence-electron chi connectivity index (χ3n) is 3.62. The van der Waals surface area contributed by atoms with Gasteiger partial charge in [-0.25, -0.2) is 0 Å². The molecule has 0 radical (unpaired) electrons. The van der Waals surface area contributed by atoms with Crippen LogP contribution in [0.5, 0.6) is 0 Å². The Balaban J connectivity index is 0.00000361. The monoisotopic (exact) mass is 396 g/mol. The second-order valence-corrected chi connectivity index (χ2v) is 6.20. The Morgan fingerprint density at radius 1 is 1.25 bits per heavy atom. The maximum atomic E-state index is 4.75. The van der Waals surface area contributed by atoms with Crippen LogP contribution in [0.25, 0.3) is 0 Å². The summed E-state index contributed by atoms with van der Waals surface area (Å²) in [7, 11) is 4.33. The highest BCUT2D eigenvalue weighted by molar-refractivity contribution is 14.0. The van der Waals surface area contributed by atoms with Gasteiger partial charge in [0.15, 0.2) is 5.96 Å². The fraction of sp³-hybridized carbons (Fsp3) is 0.933. The Morgan fingerprint density at radius 3 is 2.35 bits per heavy atom. The minimum atomic E-state index is 0. The molecule has 0 aromatic heterocycles. The molecule has 20 heavy (non-hydrogen) atoms. The van der Waals surface area contributed by atoms with E-state index in [1.165, 1.54) is 19.3 Å². The predicted octanol–water partition coefficient (Wildman–Crippen LogP) is 2.55. The highest BCUT2D eigenvalue weighted by atomic mass is 127. The molecule has 120 valence electrons. The van der Waals surface area contributed by atoms with Gasteiger partial charge in [0.25, 0.3) is 0 Å². The van der Waals surface area contributed by atoms with Crippen LogP contribution < -0.4 is 10.6 Å². The third kappa shape index (κ3) is 8.29. The molecule has 4 nitrogen and oxygen atoms in total. The smallest absolute Gasteiger partial charge is 0.191 e. The van der Waals surface area contributed by atoms with Gasteiger partial charge in [-0.15, -0.1) is 24.0 Å². The van der Waals surface area contributed by atoms with Crippen molar-refractivity contribution in [3.8, 4) is 0 Å². The molecule has 1 fully saturated rings. The molecule has 2 N–H and O–H groups in total. The summed E-state index contributed by atoms with van der Waals surface area (Å²) in [4.78, 5) is 7.06. The van der Waals surface area contributed by atoms with Crippen molar-refractivity contribution in [2.75, 3.05) is 33.7 Å². The van der Waals surface area contributed by atoms with Crippen LogP contribution in [0.1, 0.15) is 40.0 Å². The summed E-state index contributed by atoms with van der Waals surface area (Å²) in [5.74, 6) is 2.56. The van der Waals surface area contributed by atoms with Gasteiger partial charge in [-0.3, -0.25) is 4.99 Å². The lowest BCUT2D eigenvalue weighted by Crippen LogP contribution is -2.40. The normalized spacial score (nSPS) is 17.1. The molecule has 0 spiro atoms. The van der Waals surface area contributed by atoms with Crippen molar-refractivity contribution in [1.82, 2.24) is 15.5 Å². The first-order valence-electron chi connectivity index (χ1n) is 7.73. The number of hydrogen-bond acceptors (Lipinski definition) is 2. The Hall–Kier alpha value is -0.0400. The molecule has 1 atom stereocenters. The molecule has 0 amide bonds.